The monoisotopic (exact) mass is 211 g/mol. The van der Waals surface area contributed by atoms with Crippen LogP contribution in [-0.2, 0) is 16.1 Å². The fraction of sp³-hybridized carbons (Fsp3) is 0.364. The maximum atomic E-state index is 12.5. The van der Waals surface area contributed by atoms with Crippen LogP contribution in [0, 0.1) is 5.82 Å². The molecule has 0 fully saturated rings. The zero-order valence-corrected chi connectivity index (χ0v) is 8.63. The molecule has 0 spiro atoms. The second kappa shape index (κ2) is 6.14. The first-order valence-electron chi connectivity index (χ1n) is 4.83. The molecule has 82 valence electrons. The van der Waals surface area contributed by atoms with E-state index in [9.17, 15) is 9.18 Å². The Kier molecular flexibility index (Phi) is 4.77. The molecule has 0 aliphatic rings. The smallest absolute Gasteiger partial charge is 0.319 e. The molecule has 0 heterocycles. The molecular formula is C11H14FNO2. The molecule has 0 saturated heterocycles. The first kappa shape index (κ1) is 11.7. The van der Waals surface area contributed by atoms with Gasteiger partial charge in [0.25, 0.3) is 0 Å². The molecular weight excluding hydrogens is 197 g/mol. The van der Waals surface area contributed by atoms with Gasteiger partial charge in [0.05, 0.1) is 13.2 Å². The predicted octanol–water partition coefficient (Wildman–Crippen LogP) is 1.48. The van der Waals surface area contributed by atoms with E-state index in [1.807, 2.05) is 0 Å². The van der Waals surface area contributed by atoms with E-state index in [0.717, 1.165) is 5.56 Å². The van der Waals surface area contributed by atoms with Crippen LogP contribution in [0.15, 0.2) is 24.3 Å². The Bertz CT molecular complexity index is 311. The van der Waals surface area contributed by atoms with Gasteiger partial charge in [-0.15, -0.1) is 0 Å². The van der Waals surface area contributed by atoms with Gasteiger partial charge in [0, 0.05) is 6.54 Å². The van der Waals surface area contributed by atoms with E-state index in [-0.39, 0.29) is 18.3 Å². The molecule has 4 heteroatoms. The van der Waals surface area contributed by atoms with Gasteiger partial charge >= 0.3 is 5.97 Å². The lowest BCUT2D eigenvalue weighted by molar-refractivity contribution is -0.142. The highest BCUT2D eigenvalue weighted by molar-refractivity contribution is 5.71. The molecule has 0 aromatic heterocycles. The average molecular weight is 211 g/mol. The van der Waals surface area contributed by atoms with E-state index >= 15 is 0 Å². The molecule has 0 amide bonds. The number of ether oxygens (including phenoxy) is 1. The Balaban J connectivity index is 2.26. The van der Waals surface area contributed by atoms with Gasteiger partial charge in [-0.05, 0) is 24.6 Å². The van der Waals surface area contributed by atoms with Gasteiger partial charge in [-0.2, -0.15) is 0 Å². The Labute approximate surface area is 88.2 Å². The van der Waals surface area contributed by atoms with Crippen molar-refractivity contribution in [2.24, 2.45) is 0 Å². The molecule has 0 saturated carbocycles. The molecule has 0 atom stereocenters. The van der Waals surface area contributed by atoms with Crippen LogP contribution >= 0.6 is 0 Å². The normalized spacial score (nSPS) is 10.0. The summed E-state index contributed by atoms with van der Waals surface area (Å²) in [5.74, 6) is -0.538. The number of halogens is 1. The third-order valence-corrected chi connectivity index (χ3v) is 1.82. The van der Waals surface area contributed by atoms with Crippen molar-refractivity contribution in [3.05, 3.63) is 35.6 Å². The highest BCUT2D eigenvalue weighted by Crippen LogP contribution is 2.01. The van der Waals surface area contributed by atoms with E-state index in [1.54, 1.807) is 19.1 Å². The van der Waals surface area contributed by atoms with Crippen LogP contribution in [0.3, 0.4) is 0 Å². The summed E-state index contributed by atoms with van der Waals surface area (Å²) in [6.45, 7) is 2.85. The lowest BCUT2D eigenvalue weighted by Gasteiger charge is -2.04. The molecule has 1 aromatic carbocycles. The lowest BCUT2D eigenvalue weighted by atomic mass is 10.2. The number of benzene rings is 1. The lowest BCUT2D eigenvalue weighted by Crippen LogP contribution is -2.24. The fourth-order valence-electron chi connectivity index (χ4n) is 1.12. The van der Waals surface area contributed by atoms with Crippen molar-refractivity contribution in [1.82, 2.24) is 5.32 Å². The van der Waals surface area contributed by atoms with Crippen molar-refractivity contribution in [3.63, 3.8) is 0 Å². The zero-order valence-electron chi connectivity index (χ0n) is 8.63. The summed E-state index contributed by atoms with van der Waals surface area (Å²) < 4.78 is 17.3. The fourth-order valence-corrected chi connectivity index (χ4v) is 1.12. The van der Waals surface area contributed by atoms with Crippen molar-refractivity contribution in [2.45, 2.75) is 13.5 Å². The minimum Gasteiger partial charge on any atom is -0.465 e. The first-order valence-corrected chi connectivity index (χ1v) is 4.83. The third-order valence-electron chi connectivity index (χ3n) is 1.82. The highest BCUT2D eigenvalue weighted by Gasteiger charge is 2.00. The van der Waals surface area contributed by atoms with E-state index < -0.39 is 0 Å². The molecule has 0 radical (unpaired) electrons. The summed E-state index contributed by atoms with van der Waals surface area (Å²) in [5, 5.41) is 2.91. The largest absolute Gasteiger partial charge is 0.465 e. The molecule has 1 N–H and O–H groups in total. The second-order valence-electron chi connectivity index (χ2n) is 3.04. The minimum atomic E-state index is -0.278. The summed E-state index contributed by atoms with van der Waals surface area (Å²) in [6.07, 6.45) is 0. The van der Waals surface area contributed by atoms with Gasteiger partial charge < -0.3 is 10.1 Å². The third kappa shape index (κ3) is 4.56. The van der Waals surface area contributed by atoms with Crippen LogP contribution in [0.5, 0.6) is 0 Å². The summed E-state index contributed by atoms with van der Waals surface area (Å²) >= 11 is 0. The SMILES string of the molecule is CCOC(=O)CNCc1ccc(F)cc1. The van der Waals surface area contributed by atoms with Crippen LogP contribution in [-0.4, -0.2) is 19.1 Å². The van der Waals surface area contributed by atoms with Gasteiger partial charge in [-0.25, -0.2) is 4.39 Å². The number of rotatable bonds is 5. The van der Waals surface area contributed by atoms with Crippen LogP contribution in [0.25, 0.3) is 0 Å². The molecule has 0 aliphatic heterocycles. The van der Waals surface area contributed by atoms with E-state index in [1.165, 1.54) is 12.1 Å². The van der Waals surface area contributed by atoms with Crippen molar-refractivity contribution >= 4 is 5.97 Å². The number of carbonyl (C=O) groups excluding carboxylic acids is 1. The first-order chi connectivity index (χ1) is 7.22. The van der Waals surface area contributed by atoms with Crippen LogP contribution in [0.1, 0.15) is 12.5 Å². The molecule has 0 unspecified atom stereocenters. The Morgan fingerprint density at radius 2 is 2.07 bits per heavy atom. The summed E-state index contributed by atoms with van der Waals surface area (Å²) in [7, 11) is 0. The van der Waals surface area contributed by atoms with Gasteiger partial charge in [-0.3, -0.25) is 4.79 Å². The van der Waals surface area contributed by atoms with Gasteiger partial charge in [0.2, 0.25) is 0 Å². The number of nitrogens with one attached hydrogen (secondary N) is 1. The average Bonchev–Trinajstić information content (AvgIpc) is 2.21. The predicted molar refractivity (Wildman–Crippen MR) is 54.7 cm³/mol. The van der Waals surface area contributed by atoms with Crippen LogP contribution < -0.4 is 5.32 Å². The molecule has 1 aromatic rings. The number of hydrogen-bond acceptors (Lipinski definition) is 3. The highest BCUT2D eigenvalue weighted by atomic mass is 19.1. The van der Waals surface area contributed by atoms with Crippen LogP contribution in [0.2, 0.25) is 0 Å². The number of carbonyl (C=O) groups is 1. The van der Waals surface area contributed by atoms with Crippen LogP contribution in [0.4, 0.5) is 4.39 Å². The summed E-state index contributed by atoms with van der Waals surface area (Å²) in [6, 6.07) is 6.13. The molecule has 1 rings (SSSR count). The van der Waals surface area contributed by atoms with Crippen molar-refractivity contribution in [1.29, 1.82) is 0 Å². The van der Waals surface area contributed by atoms with E-state index in [2.05, 4.69) is 5.32 Å². The number of hydrogen-bond donors (Lipinski definition) is 1. The topological polar surface area (TPSA) is 38.3 Å². The Morgan fingerprint density at radius 1 is 1.40 bits per heavy atom. The second-order valence-corrected chi connectivity index (χ2v) is 3.04. The van der Waals surface area contributed by atoms with Gasteiger partial charge in [-0.1, -0.05) is 12.1 Å². The Hall–Kier alpha value is -1.42. The quantitative estimate of drug-likeness (QED) is 0.750. The van der Waals surface area contributed by atoms with E-state index in [4.69, 9.17) is 4.74 Å². The maximum absolute atomic E-state index is 12.5. The minimum absolute atomic E-state index is 0.172. The maximum Gasteiger partial charge on any atom is 0.319 e. The summed E-state index contributed by atoms with van der Waals surface area (Å²) in [4.78, 5) is 10.9. The molecule has 0 aliphatic carbocycles. The number of esters is 1. The summed E-state index contributed by atoms with van der Waals surface area (Å²) in [5.41, 5.74) is 0.931. The van der Waals surface area contributed by atoms with Crippen molar-refractivity contribution in [2.75, 3.05) is 13.2 Å². The standard InChI is InChI=1S/C11H14FNO2/c1-2-15-11(14)8-13-7-9-3-5-10(12)6-4-9/h3-6,13H,2,7-8H2,1H3. The molecule has 0 bridgehead atoms. The van der Waals surface area contributed by atoms with Crippen molar-refractivity contribution in [3.8, 4) is 0 Å². The molecule has 15 heavy (non-hydrogen) atoms. The van der Waals surface area contributed by atoms with E-state index in [0.29, 0.717) is 13.2 Å². The zero-order chi connectivity index (χ0) is 11.1. The van der Waals surface area contributed by atoms with Gasteiger partial charge in [0.1, 0.15) is 5.82 Å². The van der Waals surface area contributed by atoms with Crippen molar-refractivity contribution < 1.29 is 13.9 Å². The van der Waals surface area contributed by atoms with Gasteiger partial charge in [0.15, 0.2) is 0 Å². The Morgan fingerprint density at radius 3 is 2.67 bits per heavy atom. The molecule has 3 nitrogen and oxygen atoms in total.